The van der Waals surface area contributed by atoms with Gasteiger partial charge in [-0.25, -0.2) is 0 Å². The predicted octanol–water partition coefficient (Wildman–Crippen LogP) is 1.28. The van der Waals surface area contributed by atoms with Crippen LogP contribution in [-0.4, -0.2) is 56.3 Å². The van der Waals surface area contributed by atoms with Crippen LogP contribution in [0, 0.1) is 11.3 Å². The fourth-order valence-corrected chi connectivity index (χ4v) is 3.57. The maximum absolute atomic E-state index is 8.50. The number of fused-ring (bicyclic) bond motifs is 2. The standard InChI is InChI=1S/C11H19N2O4P/c1-4-11-8-13(14-2)9(7-15-11)10(11)17-18(3)16-6-5-12/h9-10H,4,6-8H2,1-3H3/t9-,10-,11-,18?/m1/s1. The Kier molecular flexibility index (Phi) is 4.54. The zero-order chi connectivity index (χ0) is 13.2. The summed E-state index contributed by atoms with van der Waals surface area (Å²) in [4.78, 5) is 5.35. The monoisotopic (exact) mass is 274 g/mol. The lowest BCUT2D eigenvalue weighted by Gasteiger charge is -2.31. The Morgan fingerprint density at radius 3 is 3.00 bits per heavy atom. The van der Waals surface area contributed by atoms with Crippen molar-refractivity contribution in [3.05, 3.63) is 0 Å². The van der Waals surface area contributed by atoms with Gasteiger partial charge >= 0.3 is 0 Å². The van der Waals surface area contributed by atoms with Gasteiger partial charge in [0, 0.05) is 6.66 Å². The summed E-state index contributed by atoms with van der Waals surface area (Å²) in [7, 11) is 0.612. The molecule has 2 saturated heterocycles. The number of ether oxygens (including phenoxy) is 1. The normalized spacial score (nSPS) is 36.8. The molecule has 2 aliphatic rings. The number of hydroxylamine groups is 2. The first kappa shape index (κ1) is 14.1. The van der Waals surface area contributed by atoms with Crippen LogP contribution in [0.5, 0.6) is 0 Å². The van der Waals surface area contributed by atoms with Gasteiger partial charge in [0.25, 0.3) is 0 Å². The van der Waals surface area contributed by atoms with Crippen LogP contribution in [0.3, 0.4) is 0 Å². The molecule has 102 valence electrons. The van der Waals surface area contributed by atoms with E-state index >= 15 is 0 Å². The van der Waals surface area contributed by atoms with E-state index in [1.165, 1.54) is 0 Å². The Labute approximate surface area is 109 Å². The quantitative estimate of drug-likeness (QED) is 0.680. The SMILES string of the molecule is CC[C@]12CN(OC)[C@H](CO1)[C@H]2OP(C)OCC#N. The van der Waals surface area contributed by atoms with Gasteiger partial charge in [0.1, 0.15) is 18.3 Å². The zero-order valence-electron chi connectivity index (χ0n) is 11.0. The van der Waals surface area contributed by atoms with Crippen LogP contribution in [0.2, 0.25) is 0 Å². The van der Waals surface area contributed by atoms with Crippen molar-refractivity contribution in [3.63, 3.8) is 0 Å². The lowest BCUT2D eigenvalue weighted by atomic mass is 9.97. The van der Waals surface area contributed by atoms with E-state index in [0.29, 0.717) is 6.61 Å². The van der Waals surface area contributed by atoms with Crippen LogP contribution in [0.15, 0.2) is 0 Å². The first-order valence-electron chi connectivity index (χ1n) is 6.02. The first-order chi connectivity index (χ1) is 8.66. The largest absolute Gasteiger partial charge is 0.369 e. The van der Waals surface area contributed by atoms with Crippen molar-refractivity contribution in [1.82, 2.24) is 5.06 Å². The van der Waals surface area contributed by atoms with Crippen molar-refractivity contribution in [3.8, 4) is 6.07 Å². The van der Waals surface area contributed by atoms with Crippen molar-refractivity contribution in [2.45, 2.75) is 31.1 Å². The lowest BCUT2D eigenvalue weighted by molar-refractivity contribution is -0.194. The average molecular weight is 274 g/mol. The fraction of sp³-hybridized carbons (Fsp3) is 0.909. The van der Waals surface area contributed by atoms with Gasteiger partial charge in [0.2, 0.25) is 0 Å². The molecule has 0 amide bonds. The van der Waals surface area contributed by atoms with Gasteiger partial charge in [-0.1, -0.05) is 6.92 Å². The van der Waals surface area contributed by atoms with Crippen LogP contribution < -0.4 is 0 Å². The van der Waals surface area contributed by atoms with Crippen LogP contribution in [0.4, 0.5) is 0 Å². The Morgan fingerprint density at radius 2 is 2.39 bits per heavy atom. The number of hydrogen-bond acceptors (Lipinski definition) is 6. The summed E-state index contributed by atoms with van der Waals surface area (Å²) in [5.41, 5.74) is -0.298. The second-order valence-electron chi connectivity index (χ2n) is 4.45. The summed E-state index contributed by atoms with van der Waals surface area (Å²) >= 11 is 0. The van der Waals surface area contributed by atoms with E-state index in [4.69, 9.17) is 23.9 Å². The summed E-state index contributed by atoms with van der Waals surface area (Å²) < 4.78 is 17.2. The van der Waals surface area contributed by atoms with E-state index in [-0.39, 0.29) is 24.4 Å². The molecular weight excluding hydrogens is 255 g/mol. The summed E-state index contributed by atoms with van der Waals surface area (Å²) in [6.45, 7) is 5.36. The van der Waals surface area contributed by atoms with Crippen molar-refractivity contribution in [1.29, 1.82) is 5.26 Å². The minimum absolute atomic E-state index is 0.0442. The Morgan fingerprint density at radius 1 is 1.61 bits per heavy atom. The second-order valence-corrected chi connectivity index (χ2v) is 5.80. The molecule has 2 heterocycles. The Hall–Kier alpha value is -0.280. The van der Waals surface area contributed by atoms with Crippen LogP contribution >= 0.6 is 8.38 Å². The molecule has 0 saturated carbocycles. The molecule has 2 aliphatic heterocycles. The van der Waals surface area contributed by atoms with E-state index in [1.54, 1.807) is 7.11 Å². The van der Waals surface area contributed by atoms with Crippen molar-refractivity contribution in [2.75, 3.05) is 33.5 Å². The molecule has 0 spiro atoms. The summed E-state index contributed by atoms with van der Waals surface area (Å²) in [5, 5.41) is 10.4. The number of hydrogen-bond donors (Lipinski definition) is 0. The lowest BCUT2D eigenvalue weighted by Crippen LogP contribution is -2.42. The fourth-order valence-electron chi connectivity index (χ4n) is 2.61. The molecule has 0 aliphatic carbocycles. The molecule has 7 heteroatoms. The van der Waals surface area contributed by atoms with Crippen molar-refractivity contribution in [2.24, 2.45) is 0 Å². The Balaban J connectivity index is 2.01. The third-order valence-electron chi connectivity index (χ3n) is 3.61. The molecule has 4 atom stereocenters. The molecule has 2 rings (SSSR count). The highest BCUT2D eigenvalue weighted by Crippen LogP contribution is 2.48. The molecule has 0 radical (unpaired) electrons. The second kappa shape index (κ2) is 5.79. The van der Waals surface area contributed by atoms with E-state index in [2.05, 4.69) is 6.92 Å². The highest BCUT2D eigenvalue weighted by Gasteiger charge is 2.60. The highest BCUT2D eigenvalue weighted by molar-refractivity contribution is 7.46. The molecular formula is C11H19N2O4P. The smallest absolute Gasteiger partial charge is 0.168 e. The van der Waals surface area contributed by atoms with E-state index in [9.17, 15) is 0 Å². The zero-order valence-corrected chi connectivity index (χ0v) is 11.9. The number of nitrogens with zero attached hydrogens (tertiary/aromatic N) is 2. The van der Waals surface area contributed by atoms with E-state index < -0.39 is 8.38 Å². The van der Waals surface area contributed by atoms with Gasteiger partial charge in [0.15, 0.2) is 8.38 Å². The van der Waals surface area contributed by atoms with Gasteiger partial charge in [-0.3, -0.25) is 0 Å². The number of rotatable bonds is 6. The number of morpholine rings is 1. The number of nitriles is 1. The maximum atomic E-state index is 8.50. The van der Waals surface area contributed by atoms with E-state index in [0.717, 1.165) is 13.0 Å². The molecule has 2 bridgehead atoms. The topological polar surface area (TPSA) is 64.0 Å². The predicted molar refractivity (Wildman–Crippen MR) is 65.8 cm³/mol. The van der Waals surface area contributed by atoms with Gasteiger partial charge in [-0.05, 0) is 6.42 Å². The van der Waals surface area contributed by atoms with E-state index in [1.807, 2.05) is 17.8 Å². The molecule has 0 aromatic heterocycles. The molecule has 0 N–H and O–H groups in total. The molecule has 18 heavy (non-hydrogen) atoms. The van der Waals surface area contributed by atoms with Crippen molar-refractivity contribution < 1.29 is 18.6 Å². The third kappa shape index (κ3) is 2.39. The Bertz CT molecular complexity index is 337. The molecule has 0 aromatic carbocycles. The van der Waals surface area contributed by atoms with Gasteiger partial charge in [0.05, 0.1) is 32.4 Å². The minimum atomic E-state index is -1.06. The van der Waals surface area contributed by atoms with Crippen LogP contribution in [-0.2, 0) is 18.6 Å². The van der Waals surface area contributed by atoms with Crippen molar-refractivity contribution >= 4 is 8.38 Å². The molecule has 2 fully saturated rings. The minimum Gasteiger partial charge on any atom is -0.369 e. The van der Waals surface area contributed by atoms with Gasteiger partial charge < -0.3 is 18.6 Å². The highest BCUT2D eigenvalue weighted by atomic mass is 31.2. The van der Waals surface area contributed by atoms with Gasteiger partial charge in [-0.15, -0.1) is 0 Å². The summed E-state index contributed by atoms with van der Waals surface area (Å²) in [6.07, 6.45) is 0.826. The van der Waals surface area contributed by atoms with Crippen LogP contribution in [0.25, 0.3) is 0 Å². The maximum Gasteiger partial charge on any atom is 0.168 e. The summed E-state index contributed by atoms with van der Waals surface area (Å²) in [5.74, 6) is 0. The molecule has 1 unspecified atom stereocenters. The first-order valence-corrected chi connectivity index (χ1v) is 7.64. The van der Waals surface area contributed by atoms with Crippen LogP contribution in [0.1, 0.15) is 13.3 Å². The molecule has 6 nitrogen and oxygen atoms in total. The van der Waals surface area contributed by atoms with Gasteiger partial charge in [-0.2, -0.15) is 10.3 Å². The third-order valence-corrected chi connectivity index (χ3v) is 4.63. The molecule has 0 aromatic rings. The average Bonchev–Trinajstić information content (AvgIpc) is 2.89. The summed E-state index contributed by atoms with van der Waals surface area (Å²) in [6, 6.07) is 2.07.